The number of hydrogen-bond acceptors (Lipinski definition) is 3. The molecule has 0 bridgehead atoms. The number of carbonyl (C=O) groups is 1. The SMILES string of the molecule is CCC(C)[C@H](N)C(=O)N1CCC2C(CCCN2C)C1. The van der Waals surface area contributed by atoms with Crippen LogP contribution in [0.5, 0.6) is 0 Å². The van der Waals surface area contributed by atoms with Crippen molar-refractivity contribution >= 4 is 5.91 Å². The number of hydrogen-bond donors (Lipinski definition) is 1. The van der Waals surface area contributed by atoms with Gasteiger partial charge in [-0.1, -0.05) is 20.3 Å². The largest absolute Gasteiger partial charge is 0.341 e. The van der Waals surface area contributed by atoms with Gasteiger partial charge < -0.3 is 15.5 Å². The van der Waals surface area contributed by atoms with Gasteiger partial charge >= 0.3 is 0 Å². The molecule has 2 aliphatic rings. The first-order valence-electron chi connectivity index (χ1n) is 7.79. The summed E-state index contributed by atoms with van der Waals surface area (Å²) in [6, 6.07) is 0.362. The molecule has 1 amide bonds. The van der Waals surface area contributed by atoms with Crippen molar-refractivity contribution in [3.63, 3.8) is 0 Å². The molecule has 19 heavy (non-hydrogen) atoms. The van der Waals surface area contributed by atoms with Crippen molar-refractivity contribution < 1.29 is 4.79 Å². The van der Waals surface area contributed by atoms with E-state index in [1.165, 1.54) is 19.4 Å². The third-order valence-corrected chi connectivity index (χ3v) is 5.20. The van der Waals surface area contributed by atoms with Crippen molar-refractivity contribution in [3.8, 4) is 0 Å². The zero-order valence-electron chi connectivity index (χ0n) is 12.6. The van der Waals surface area contributed by atoms with E-state index in [4.69, 9.17) is 5.73 Å². The summed E-state index contributed by atoms with van der Waals surface area (Å²) < 4.78 is 0. The highest BCUT2D eigenvalue weighted by atomic mass is 16.2. The Kier molecular flexibility index (Phi) is 4.85. The predicted molar refractivity (Wildman–Crippen MR) is 77.8 cm³/mol. The van der Waals surface area contributed by atoms with Crippen LogP contribution in [-0.4, -0.2) is 54.5 Å². The highest BCUT2D eigenvalue weighted by molar-refractivity contribution is 5.82. The van der Waals surface area contributed by atoms with Gasteiger partial charge in [-0.25, -0.2) is 0 Å². The lowest BCUT2D eigenvalue weighted by Crippen LogP contribution is -2.57. The maximum absolute atomic E-state index is 12.4. The van der Waals surface area contributed by atoms with Gasteiger partial charge in [0.15, 0.2) is 0 Å². The van der Waals surface area contributed by atoms with E-state index >= 15 is 0 Å². The van der Waals surface area contributed by atoms with Crippen LogP contribution >= 0.6 is 0 Å². The molecule has 2 saturated heterocycles. The summed E-state index contributed by atoms with van der Waals surface area (Å²) >= 11 is 0. The Hall–Kier alpha value is -0.610. The van der Waals surface area contributed by atoms with Crippen LogP contribution in [0.1, 0.15) is 39.5 Å². The Bertz CT molecular complexity index is 321. The average molecular weight is 267 g/mol. The third kappa shape index (κ3) is 3.11. The topological polar surface area (TPSA) is 49.6 Å². The summed E-state index contributed by atoms with van der Waals surface area (Å²) in [5, 5.41) is 0. The van der Waals surface area contributed by atoms with Crippen molar-refractivity contribution in [2.75, 3.05) is 26.7 Å². The van der Waals surface area contributed by atoms with E-state index in [2.05, 4.69) is 25.8 Å². The molecule has 0 spiro atoms. The maximum Gasteiger partial charge on any atom is 0.239 e. The summed E-state index contributed by atoms with van der Waals surface area (Å²) in [6.07, 6.45) is 4.60. The number of rotatable bonds is 3. The van der Waals surface area contributed by atoms with E-state index in [-0.39, 0.29) is 17.9 Å². The van der Waals surface area contributed by atoms with Gasteiger partial charge in [0.05, 0.1) is 6.04 Å². The Morgan fingerprint density at radius 2 is 2.11 bits per heavy atom. The fourth-order valence-electron chi connectivity index (χ4n) is 3.56. The lowest BCUT2D eigenvalue weighted by Gasteiger charge is -2.46. The predicted octanol–water partition coefficient (Wildman–Crippen LogP) is 1.30. The van der Waals surface area contributed by atoms with Crippen LogP contribution in [0.25, 0.3) is 0 Å². The molecule has 4 atom stereocenters. The van der Waals surface area contributed by atoms with Crippen LogP contribution in [0, 0.1) is 11.8 Å². The first kappa shape index (κ1) is 14.8. The monoisotopic (exact) mass is 267 g/mol. The number of likely N-dealkylation sites (tertiary alicyclic amines) is 2. The molecule has 0 aromatic carbocycles. The van der Waals surface area contributed by atoms with Crippen LogP contribution in [0.3, 0.4) is 0 Å². The molecule has 110 valence electrons. The highest BCUT2D eigenvalue weighted by Gasteiger charge is 2.37. The van der Waals surface area contributed by atoms with Crippen LogP contribution in [-0.2, 0) is 4.79 Å². The van der Waals surface area contributed by atoms with Gasteiger partial charge in [-0.15, -0.1) is 0 Å². The van der Waals surface area contributed by atoms with Gasteiger partial charge in [-0.3, -0.25) is 4.79 Å². The molecule has 2 fully saturated rings. The van der Waals surface area contributed by atoms with Gasteiger partial charge in [0, 0.05) is 19.1 Å². The van der Waals surface area contributed by atoms with E-state index in [1.54, 1.807) is 0 Å². The highest BCUT2D eigenvalue weighted by Crippen LogP contribution is 2.30. The fourth-order valence-corrected chi connectivity index (χ4v) is 3.56. The van der Waals surface area contributed by atoms with Crippen LogP contribution in [0.4, 0.5) is 0 Å². The molecule has 0 radical (unpaired) electrons. The van der Waals surface area contributed by atoms with Crippen molar-refractivity contribution in [2.24, 2.45) is 17.6 Å². The second kappa shape index (κ2) is 6.23. The van der Waals surface area contributed by atoms with Crippen molar-refractivity contribution in [1.82, 2.24) is 9.80 Å². The quantitative estimate of drug-likeness (QED) is 0.838. The minimum Gasteiger partial charge on any atom is -0.341 e. The van der Waals surface area contributed by atoms with Crippen LogP contribution in [0.2, 0.25) is 0 Å². The minimum atomic E-state index is -0.317. The fraction of sp³-hybridized carbons (Fsp3) is 0.933. The van der Waals surface area contributed by atoms with Gasteiger partial charge in [0.2, 0.25) is 5.91 Å². The second-order valence-corrected chi connectivity index (χ2v) is 6.43. The summed E-state index contributed by atoms with van der Waals surface area (Å²) in [6.45, 7) is 7.18. The Morgan fingerprint density at radius 1 is 1.37 bits per heavy atom. The molecule has 2 N–H and O–H groups in total. The second-order valence-electron chi connectivity index (χ2n) is 6.43. The molecular formula is C15H29N3O. The summed E-state index contributed by atoms with van der Waals surface area (Å²) in [7, 11) is 2.22. The zero-order chi connectivity index (χ0) is 14.0. The lowest BCUT2D eigenvalue weighted by atomic mass is 9.83. The molecule has 3 unspecified atom stereocenters. The van der Waals surface area contributed by atoms with E-state index in [9.17, 15) is 4.79 Å². The van der Waals surface area contributed by atoms with Gasteiger partial charge in [-0.2, -0.15) is 0 Å². The molecule has 2 rings (SSSR count). The van der Waals surface area contributed by atoms with E-state index < -0.39 is 0 Å². The van der Waals surface area contributed by atoms with Crippen molar-refractivity contribution in [3.05, 3.63) is 0 Å². The number of fused-ring (bicyclic) bond motifs is 1. The molecule has 4 nitrogen and oxygen atoms in total. The first-order chi connectivity index (χ1) is 9.04. The van der Waals surface area contributed by atoms with Gasteiger partial charge in [0.1, 0.15) is 0 Å². The van der Waals surface area contributed by atoms with Crippen LogP contribution < -0.4 is 5.73 Å². The van der Waals surface area contributed by atoms with Crippen molar-refractivity contribution in [1.29, 1.82) is 0 Å². The van der Waals surface area contributed by atoms with Crippen molar-refractivity contribution in [2.45, 2.75) is 51.6 Å². The number of piperidine rings is 2. The van der Waals surface area contributed by atoms with Gasteiger partial charge in [-0.05, 0) is 44.7 Å². The number of amides is 1. The molecule has 0 aromatic heterocycles. The normalized spacial score (nSPS) is 31.7. The maximum atomic E-state index is 12.4. The third-order valence-electron chi connectivity index (χ3n) is 5.20. The molecule has 4 heteroatoms. The Labute approximate surface area is 117 Å². The molecule has 2 aliphatic heterocycles. The van der Waals surface area contributed by atoms with Gasteiger partial charge in [0.25, 0.3) is 0 Å². The number of nitrogens with zero attached hydrogens (tertiary/aromatic N) is 2. The molecule has 0 saturated carbocycles. The standard InChI is InChI=1S/C15H29N3O/c1-4-11(2)14(16)15(19)18-9-7-13-12(10-18)6-5-8-17(13)3/h11-14H,4-10,16H2,1-3H3/t11?,12?,13?,14-/m0/s1. The van der Waals surface area contributed by atoms with E-state index in [0.29, 0.717) is 12.0 Å². The Balaban J connectivity index is 1.95. The lowest BCUT2D eigenvalue weighted by molar-refractivity contribution is -0.137. The first-order valence-corrected chi connectivity index (χ1v) is 7.79. The molecule has 2 heterocycles. The van der Waals surface area contributed by atoms with E-state index in [1.807, 2.05) is 4.90 Å². The summed E-state index contributed by atoms with van der Waals surface area (Å²) in [5.74, 6) is 1.10. The summed E-state index contributed by atoms with van der Waals surface area (Å²) in [4.78, 5) is 16.9. The smallest absolute Gasteiger partial charge is 0.239 e. The summed E-state index contributed by atoms with van der Waals surface area (Å²) in [5.41, 5.74) is 6.10. The average Bonchev–Trinajstić information content (AvgIpc) is 2.44. The number of carbonyl (C=O) groups excluding carboxylic acids is 1. The number of nitrogens with two attached hydrogens (primary N) is 1. The molecule has 0 aromatic rings. The minimum absolute atomic E-state index is 0.168. The van der Waals surface area contributed by atoms with E-state index in [0.717, 1.165) is 25.9 Å². The molecular weight excluding hydrogens is 238 g/mol. The van der Waals surface area contributed by atoms with Crippen LogP contribution in [0.15, 0.2) is 0 Å². The Morgan fingerprint density at radius 3 is 2.79 bits per heavy atom. The zero-order valence-corrected chi connectivity index (χ0v) is 12.6. The molecule has 0 aliphatic carbocycles.